The summed E-state index contributed by atoms with van der Waals surface area (Å²) in [5.74, 6) is -0.832. The van der Waals surface area contributed by atoms with Gasteiger partial charge in [-0.1, -0.05) is 5.16 Å². The third kappa shape index (κ3) is 3.56. The first-order valence-corrected chi connectivity index (χ1v) is 5.05. The molecular weight excluding hydrogens is 226 g/mol. The number of nitrogens with one attached hydrogen (secondary N) is 1. The third-order valence-electron chi connectivity index (χ3n) is 2.17. The number of nitrogens with zero attached hydrogens (tertiary/aromatic N) is 2. The molecule has 0 saturated heterocycles. The molecule has 0 aliphatic heterocycles. The SMILES string of the molecule is CC(NCc1cc(C(=O)O)no1)C(=O)N(C)C. The van der Waals surface area contributed by atoms with E-state index in [1.165, 1.54) is 11.0 Å². The number of carboxylic acids is 1. The molecule has 94 valence electrons. The zero-order valence-corrected chi connectivity index (χ0v) is 9.93. The van der Waals surface area contributed by atoms with E-state index in [1.807, 2.05) is 0 Å². The molecule has 0 aliphatic rings. The molecule has 1 aromatic rings. The van der Waals surface area contributed by atoms with Crippen LogP contribution < -0.4 is 5.32 Å². The lowest BCUT2D eigenvalue weighted by Crippen LogP contribution is -2.41. The Labute approximate surface area is 98.4 Å². The van der Waals surface area contributed by atoms with E-state index in [1.54, 1.807) is 21.0 Å². The summed E-state index contributed by atoms with van der Waals surface area (Å²) in [6, 6.07) is 0.950. The lowest BCUT2D eigenvalue weighted by molar-refractivity contribution is -0.130. The maximum absolute atomic E-state index is 11.5. The van der Waals surface area contributed by atoms with E-state index in [2.05, 4.69) is 10.5 Å². The van der Waals surface area contributed by atoms with Crippen LogP contribution in [0.1, 0.15) is 23.2 Å². The molecule has 1 heterocycles. The molecule has 0 radical (unpaired) electrons. The van der Waals surface area contributed by atoms with Gasteiger partial charge in [-0.05, 0) is 6.92 Å². The van der Waals surface area contributed by atoms with Crippen molar-refractivity contribution in [3.63, 3.8) is 0 Å². The van der Waals surface area contributed by atoms with Crippen LogP contribution in [0, 0.1) is 0 Å². The van der Waals surface area contributed by atoms with E-state index >= 15 is 0 Å². The first-order chi connectivity index (χ1) is 7.91. The molecule has 0 saturated carbocycles. The van der Waals surface area contributed by atoms with Crippen LogP contribution in [-0.2, 0) is 11.3 Å². The molecule has 0 fully saturated rings. The van der Waals surface area contributed by atoms with Crippen LogP contribution in [0.15, 0.2) is 10.6 Å². The van der Waals surface area contributed by atoms with Gasteiger partial charge in [-0.15, -0.1) is 0 Å². The molecule has 0 aromatic carbocycles. The number of carbonyl (C=O) groups is 2. The normalized spacial score (nSPS) is 12.2. The predicted octanol–water partition coefficient (Wildman–Crippen LogP) is -0.0609. The van der Waals surface area contributed by atoms with Gasteiger partial charge in [-0.2, -0.15) is 0 Å². The van der Waals surface area contributed by atoms with Gasteiger partial charge in [0, 0.05) is 20.2 Å². The summed E-state index contributed by atoms with van der Waals surface area (Å²) in [6.07, 6.45) is 0. The smallest absolute Gasteiger partial charge is 0.358 e. The van der Waals surface area contributed by atoms with Gasteiger partial charge in [0.05, 0.1) is 12.6 Å². The highest BCUT2D eigenvalue weighted by molar-refractivity contribution is 5.85. The van der Waals surface area contributed by atoms with Crippen molar-refractivity contribution in [2.45, 2.75) is 19.5 Å². The van der Waals surface area contributed by atoms with E-state index in [9.17, 15) is 9.59 Å². The van der Waals surface area contributed by atoms with Crippen LogP contribution >= 0.6 is 0 Å². The second-order valence-corrected chi connectivity index (χ2v) is 3.82. The zero-order chi connectivity index (χ0) is 13.0. The van der Waals surface area contributed by atoms with E-state index in [0.29, 0.717) is 5.76 Å². The van der Waals surface area contributed by atoms with Gasteiger partial charge < -0.3 is 14.5 Å². The lowest BCUT2D eigenvalue weighted by Gasteiger charge is -2.17. The fourth-order valence-corrected chi connectivity index (χ4v) is 1.23. The molecule has 1 rings (SSSR count). The van der Waals surface area contributed by atoms with E-state index in [4.69, 9.17) is 9.63 Å². The van der Waals surface area contributed by atoms with Crippen molar-refractivity contribution in [3.05, 3.63) is 17.5 Å². The summed E-state index contributed by atoms with van der Waals surface area (Å²) >= 11 is 0. The van der Waals surface area contributed by atoms with Crippen LogP contribution in [-0.4, -0.2) is 47.2 Å². The summed E-state index contributed by atoms with van der Waals surface area (Å²) in [7, 11) is 3.33. The molecule has 1 amide bonds. The number of hydrogen-bond acceptors (Lipinski definition) is 5. The maximum atomic E-state index is 11.5. The summed E-state index contributed by atoms with van der Waals surface area (Å²) in [5.41, 5.74) is -0.145. The minimum absolute atomic E-state index is 0.0667. The highest BCUT2D eigenvalue weighted by atomic mass is 16.5. The fraction of sp³-hybridized carbons (Fsp3) is 0.500. The molecule has 1 aromatic heterocycles. The Hall–Kier alpha value is -1.89. The number of amides is 1. The van der Waals surface area contributed by atoms with Crippen LogP contribution in [0.5, 0.6) is 0 Å². The Morgan fingerprint density at radius 1 is 1.59 bits per heavy atom. The second-order valence-electron chi connectivity index (χ2n) is 3.82. The predicted molar refractivity (Wildman–Crippen MR) is 58.5 cm³/mol. The van der Waals surface area contributed by atoms with Crippen LogP contribution in [0.4, 0.5) is 0 Å². The quantitative estimate of drug-likeness (QED) is 0.749. The van der Waals surface area contributed by atoms with Crippen LogP contribution in [0.3, 0.4) is 0 Å². The fourth-order valence-electron chi connectivity index (χ4n) is 1.23. The monoisotopic (exact) mass is 241 g/mol. The molecule has 0 bridgehead atoms. The minimum atomic E-state index is -1.14. The largest absolute Gasteiger partial charge is 0.476 e. The van der Waals surface area contributed by atoms with Gasteiger partial charge in [0.15, 0.2) is 11.5 Å². The molecule has 1 atom stereocenters. The number of carbonyl (C=O) groups excluding carboxylic acids is 1. The van der Waals surface area contributed by atoms with E-state index < -0.39 is 5.97 Å². The molecule has 1 unspecified atom stereocenters. The minimum Gasteiger partial charge on any atom is -0.476 e. The van der Waals surface area contributed by atoms with Gasteiger partial charge in [0.1, 0.15) is 0 Å². The highest BCUT2D eigenvalue weighted by Crippen LogP contribution is 2.03. The van der Waals surface area contributed by atoms with Gasteiger partial charge in [-0.25, -0.2) is 4.79 Å². The van der Waals surface area contributed by atoms with Crippen molar-refractivity contribution in [3.8, 4) is 0 Å². The summed E-state index contributed by atoms with van der Waals surface area (Å²) in [4.78, 5) is 23.5. The maximum Gasteiger partial charge on any atom is 0.358 e. The Kier molecular flexibility index (Phi) is 4.22. The molecule has 7 nitrogen and oxygen atoms in total. The van der Waals surface area contributed by atoms with Crippen molar-refractivity contribution in [1.29, 1.82) is 0 Å². The van der Waals surface area contributed by atoms with Gasteiger partial charge in [-0.3, -0.25) is 10.1 Å². The number of likely N-dealkylation sites (N-methyl/N-ethyl adjacent to an activating group) is 1. The molecule has 0 aliphatic carbocycles. The van der Waals surface area contributed by atoms with Crippen LogP contribution in [0.2, 0.25) is 0 Å². The second kappa shape index (κ2) is 5.44. The van der Waals surface area contributed by atoms with Crippen molar-refractivity contribution in [2.75, 3.05) is 14.1 Å². The van der Waals surface area contributed by atoms with Crippen molar-refractivity contribution < 1.29 is 19.2 Å². The Morgan fingerprint density at radius 3 is 2.71 bits per heavy atom. The number of hydrogen-bond donors (Lipinski definition) is 2. The Morgan fingerprint density at radius 2 is 2.24 bits per heavy atom. The summed E-state index contributed by atoms with van der Waals surface area (Å²) < 4.78 is 4.80. The highest BCUT2D eigenvalue weighted by Gasteiger charge is 2.16. The van der Waals surface area contributed by atoms with Crippen molar-refractivity contribution in [1.82, 2.24) is 15.4 Å². The Bertz CT molecular complexity index is 413. The van der Waals surface area contributed by atoms with E-state index in [-0.39, 0.29) is 24.2 Å². The molecule has 17 heavy (non-hydrogen) atoms. The van der Waals surface area contributed by atoms with Gasteiger partial charge in [0.25, 0.3) is 0 Å². The lowest BCUT2D eigenvalue weighted by atomic mass is 10.3. The number of aromatic carboxylic acids is 1. The van der Waals surface area contributed by atoms with Crippen molar-refractivity contribution in [2.24, 2.45) is 0 Å². The molecule has 0 spiro atoms. The number of carboxylic acid groups (broad SMARTS) is 1. The standard InChI is InChI=1S/C10H15N3O4/c1-6(9(14)13(2)3)11-5-7-4-8(10(15)16)12-17-7/h4,6,11H,5H2,1-3H3,(H,15,16). The van der Waals surface area contributed by atoms with Crippen molar-refractivity contribution >= 4 is 11.9 Å². The Balaban J connectivity index is 2.50. The van der Waals surface area contributed by atoms with E-state index in [0.717, 1.165) is 0 Å². The third-order valence-corrected chi connectivity index (χ3v) is 2.17. The summed E-state index contributed by atoms with van der Waals surface area (Å²) in [6.45, 7) is 1.97. The summed E-state index contributed by atoms with van der Waals surface area (Å²) in [5, 5.41) is 14.9. The first-order valence-electron chi connectivity index (χ1n) is 5.05. The molecular formula is C10H15N3O4. The number of aromatic nitrogens is 1. The average Bonchev–Trinajstić information content (AvgIpc) is 2.73. The topological polar surface area (TPSA) is 95.7 Å². The number of rotatable bonds is 5. The van der Waals surface area contributed by atoms with Crippen LogP contribution in [0.25, 0.3) is 0 Å². The molecule has 7 heteroatoms. The van der Waals surface area contributed by atoms with Gasteiger partial charge in [0.2, 0.25) is 5.91 Å². The van der Waals surface area contributed by atoms with Gasteiger partial charge >= 0.3 is 5.97 Å². The average molecular weight is 241 g/mol. The molecule has 2 N–H and O–H groups in total. The zero-order valence-electron chi connectivity index (χ0n) is 9.93. The first kappa shape index (κ1) is 13.2.